The van der Waals surface area contributed by atoms with Gasteiger partial charge in [-0.15, -0.1) is 0 Å². The highest BCUT2D eigenvalue weighted by molar-refractivity contribution is 7.92. The lowest BCUT2D eigenvalue weighted by Gasteiger charge is -2.26. The lowest BCUT2D eigenvalue weighted by Crippen LogP contribution is -2.15. The van der Waals surface area contributed by atoms with Crippen LogP contribution in [0.4, 0.5) is 22.9 Å². The second-order valence-electron chi connectivity index (χ2n) is 7.48. The van der Waals surface area contributed by atoms with Crippen LogP contribution in [-0.4, -0.2) is 34.3 Å². The molecule has 8 nitrogen and oxygen atoms in total. The summed E-state index contributed by atoms with van der Waals surface area (Å²) in [6, 6.07) is 19.2. The van der Waals surface area contributed by atoms with E-state index in [-0.39, 0.29) is 0 Å². The van der Waals surface area contributed by atoms with Crippen LogP contribution in [0.1, 0.15) is 5.56 Å². The minimum absolute atomic E-state index is 0.508. The maximum atomic E-state index is 11.9. The first kappa shape index (κ1) is 20.0. The largest absolute Gasteiger partial charge is 0.293 e. The van der Waals surface area contributed by atoms with Gasteiger partial charge in [-0.05, 0) is 42.8 Å². The van der Waals surface area contributed by atoms with E-state index in [4.69, 9.17) is 4.98 Å². The molecule has 160 valence electrons. The number of nitrogens with one attached hydrogen (secondary N) is 1. The van der Waals surface area contributed by atoms with E-state index in [1.54, 1.807) is 23.0 Å². The van der Waals surface area contributed by atoms with Crippen molar-refractivity contribution in [2.45, 2.75) is 6.92 Å². The number of rotatable bonds is 5. The summed E-state index contributed by atoms with van der Waals surface area (Å²) in [6.45, 7) is 1.86. The number of pyridine rings is 1. The standard InChI is InChI=1S/C23H20N6O2S/c1-16-8-9-18(15-19(16)27-32(2,30)31)29(22-11-14-28-21(26-22)10-13-25-28)20-7-3-5-17-6-4-12-24-23(17)20/h3-15,27H,1-2H3. The molecule has 0 saturated carbocycles. The number of hydrogen-bond acceptors (Lipinski definition) is 6. The normalized spacial score (nSPS) is 11.7. The average molecular weight is 445 g/mol. The van der Waals surface area contributed by atoms with E-state index < -0.39 is 10.0 Å². The number of anilines is 4. The van der Waals surface area contributed by atoms with Crippen molar-refractivity contribution in [1.29, 1.82) is 0 Å². The Morgan fingerprint density at radius 3 is 2.69 bits per heavy atom. The van der Waals surface area contributed by atoms with Crippen molar-refractivity contribution in [3.63, 3.8) is 0 Å². The number of fused-ring (bicyclic) bond motifs is 2. The van der Waals surface area contributed by atoms with Gasteiger partial charge in [0.2, 0.25) is 10.0 Å². The van der Waals surface area contributed by atoms with Crippen LogP contribution >= 0.6 is 0 Å². The van der Waals surface area contributed by atoms with E-state index in [1.807, 2.05) is 72.6 Å². The number of hydrogen-bond donors (Lipinski definition) is 1. The molecule has 0 bridgehead atoms. The number of benzene rings is 2. The Kier molecular flexibility index (Phi) is 4.75. The van der Waals surface area contributed by atoms with Gasteiger partial charge in [0.1, 0.15) is 5.82 Å². The monoisotopic (exact) mass is 444 g/mol. The number of aromatic nitrogens is 4. The molecule has 0 atom stereocenters. The average Bonchev–Trinajstić information content (AvgIpc) is 3.23. The molecule has 3 aromatic heterocycles. The molecule has 5 rings (SSSR count). The van der Waals surface area contributed by atoms with E-state index in [9.17, 15) is 8.42 Å². The zero-order chi connectivity index (χ0) is 22.3. The molecule has 1 N–H and O–H groups in total. The molecular weight excluding hydrogens is 424 g/mol. The number of nitrogens with zero attached hydrogens (tertiary/aromatic N) is 5. The van der Waals surface area contributed by atoms with Crippen molar-refractivity contribution in [1.82, 2.24) is 19.6 Å². The van der Waals surface area contributed by atoms with Crippen LogP contribution in [0, 0.1) is 6.92 Å². The van der Waals surface area contributed by atoms with Gasteiger partial charge in [-0.3, -0.25) is 14.6 Å². The Hall–Kier alpha value is -3.98. The third-order valence-corrected chi connectivity index (χ3v) is 5.69. The highest BCUT2D eigenvalue weighted by Crippen LogP contribution is 2.38. The summed E-state index contributed by atoms with van der Waals surface area (Å²) in [5.74, 6) is 0.658. The first-order chi connectivity index (χ1) is 15.4. The molecule has 2 aromatic carbocycles. The number of sulfonamides is 1. The van der Waals surface area contributed by atoms with Crippen molar-refractivity contribution in [2.75, 3.05) is 15.9 Å². The molecule has 0 saturated heterocycles. The van der Waals surface area contributed by atoms with E-state index in [1.165, 1.54) is 0 Å². The Bertz CT molecular complexity index is 1560. The van der Waals surface area contributed by atoms with Crippen LogP contribution < -0.4 is 9.62 Å². The first-order valence-corrected chi connectivity index (χ1v) is 11.8. The van der Waals surface area contributed by atoms with E-state index >= 15 is 0 Å². The van der Waals surface area contributed by atoms with Gasteiger partial charge in [-0.2, -0.15) is 5.10 Å². The fourth-order valence-electron chi connectivity index (χ4n) is 3.65. The summed E-state index contributed by atoms with van der Waals surface area (Å²) in [5, 5.41) is 5.22. The molecule has 0 amide bonds. The minimum Gasteiger partial charge on any atom is -0.293 e. The number of para-hydroxylation sites is 1. The summed E-state index contributed by atoms with van der Waals surface area (Å²) >= 11 is 0. The first-order valence-electron chi connectivity index (χ1n) is 9.92. The van der Waals surface area contributed by atoms with Crippen molar-refractivity contribution >= 4 is 49.5 Å². The SMILES string of the molecule is Cc1ccc(N(c2ccn3nccc3n2)c2cccc3cccnc23)cc1NS(C)(=O)=O. The Morgan fingerprint density at radius 1 is 1.00 bits per heavy atom. The van der Waals surface area contributed by atoms with Gasteiger partial charge in [-0.25, -0.2) is 17.9 Å². The van der Waals surface area contributed by atoms with E-state index in [0.29, 0.717) is 17.2 Å². The van der Waals surface area contributed by atoms with Crippen LogP contribution in [0.15, 0.2) is 79.3 Å². The van der Waals surface area contributed by atoms with Crippen LogP contribution in [0.5, 0.6) is 0 Å². The molecule has 0 radical (unpaired) electrons. The fourth-order valence-corrected chi connectivity index (χ4v) is 4.27. The Morgan fingerprint density at radius 2 is 1.84 bits per heavy atom. The second-order valence-corrected chi connectivity index (χ2v) is 9.23. The van der Waals surface area contributed by atoms with Gasteiger partial charge in [0.05, 0.1) is 29.3 Å². The summed E-state index contributed by atoms with van der Waals surface area (Å²) in [6.07, 6.45) is 6.42. The van der Waals surface area contributed by atoms with Crippen LogP contribution in [0.3, 0.4) is 0 Å². The number of aryl methyl sites for hydroxylation is 1. The molecular formula is C23H20N6O2S. The minimum atomic E-state index is -3.44. The Labute approximate surface area is 185 Å². The van der Waals surface area contributed by atoms with Crippen LogP contribution in [0.2, 0.25) is 0 Å². The molecule has 0 aliphatic heterocycles. The van der Waals surface area contributed by atoms with E-state index in [0.717, 1.165) is 34.1 Å². The van der Waals surface area contributed by atoms with Gasteiger partial charge < -0.3 is 0 Å². The van der Waals surface area contributed by atoms with Crippen molar-refractivity contribution in [3.05, 3.63) is 84.8 Å². The van der Waals surface area contributed by atoms with Crippen molar-refractivity contribution < 1.29 is 8.42 Å². The molecule has 0 spiro atoms. The quantitative estimate of drug-likeness (QED) is 0.431. The smallest absolute Gasteiger partial charge is 0.229 e. The third-order valence-electron chi connectivity index (χ3n) is 5.10. The summed E-state index contributed by atoms with van der Waals surface area (Å²) in [4.78, 5) is 11.4. The van der Waals surface area contributed by atoms with Crippen LogP contribution in [0.25, 0.3) is 16.6 Å². The molecule has 5 aromatic rings. The molecule has 0 fully saturated rings. The van der Waals surface area contributed by atoms with Gasteiger partial charge in [0.25, 0.3) is 0 Å². The lowest BCUT2D eigenvalue weighted by molar-refractivity contribution is 0.607. The second kappa shape index (κ2) is 7.61. The maximum absolute atomic E-state index is 11.9. The van der Waals surface area contributed by atoms with Gasteiger partial charge in [0, 0.05) is 29.5 Å². The molecule has 0 aliphatic carbocycles. The summed E-state index contributed by atoms with van der Waals surface area (Å²) in [5.41, 5.74) is 4.40. The molecule has 3 heterocycles. The molecule has 0 aliphatic rings. The highest BCUT2D eigenvalue weighted by atomic mass is 32.2. The van der Waals surface area contributed by atoms with Gasteiger partial charge in [0.15, 0.2) is 5.65 Å². The fraction of sp³-hybridized carbons (Fsp3) is 0.0870. The predicted molar refractivity (Wildman–Crippen MR) is 126 cm³/mol. The van der Waals surface area contributed by atoms with Crippen molar-refractivity contribution in [3.8, 4) is 0 Å². The Balaban J connectivity index is 1.76. The van der Waals surface area contributed by atoms with E-state index in [2.05, 4.69) is 14.8 Å². The molecule has 0 unspecified atom stereocenters. The third kappa shape index (κ3) is 3.74. The maximum Gasteiger partial charge on any atom is 0.229 e. The van der Waals surface area contributed by atoms with Gasteiger partial charge >= 0.3 is 0 Å². The molecule has 32 heavy (non-hydrogen) atoms. The topological polar surface area (TPSA) is 92.5 Å². The summed E-state index contributed by atoms with van der Waals surface area (Å²) in [7, 11) is -3.44. The predicted octanol–water partition coefficient (Wildman–Crippen LogP) is 4.43. The van der Waals surface area contributed by atoms with Crippen molar-refractivity contribution in [2.24, 2.45) is 0 Å². The lowest BCUT2D eigenvalue weighted by atomic mass is 10.1. The summed E-state index contributed by atoms with van der Waals surface area (Å²) < 4.78 is 28.1. The van der Waals surface area contributed by atoms with Gasteiger partial charge in [-0.1, -0.05) is 24.3 Å². The zero-order valence-corrected chi connectivity index (χ0v) is 18.3. The molecule has 9 heteroatoms. The van der Waals surface area contributed by atoms with Crippen LogP contribution in [-0.2, 0) is 10.0 Å². The zero-order valence-electron chi connectivity index (χ0n) is 17.5. The highest BCUT2D eigenvalue weighted by Gasteiger charge is 2.19.